The first-order valence-corrected chi connectivity index (χ1v) is 4.92. The van der Waals surface area contributed by atoms with E-state index in [0.717, 1.165) is 11.3 Å². The van der Waals surface area contributed by atoms with Crippen LogP contribution in [0.1, 0.15) is 9.67 Å². The zero-order valence-electron chi connectivity index (χ0n) is 8.13. The molecule has 1 N–H and O–H groups in total. The van der Waals surface area contributed by atoms with E-state index in [0.29, 0.717) is 5.75 Å². The molecule has 1 aromatic heterocycles. The van der Waals surface area contributed by atoms with Gasteiger partial charge in [0.1, 0.15) is 5.75 Å². The van der Waals surface area contributed by atoms with Crippen molar-refractivity contribution >= 4 is 17.2 Å². The largest absolute Gasteiger partial charge is 0.496 e. The van der Waals surface area contributed by atoms with Crippen LogP contribution in [0.2, 0.25) is 0 Å². The second kappa shape index (κ2) is 5.17. The van der Waals surface area contributed by atoms with E-state index in [4.69, 9.17) is 4.74 Å². The molecule has 0 aliphatic rings. The minimum Gasteiger partial charge on any atom is -0.496 e. The summed E-state index contributed by atoms with van der Waals surface area (Å²) in [5.74, 6) is -0.275. The van der Waals surface area contributed by atoms with Crippen LogP contribution >= 0.6 is 11.3 Å². The Morgan fingerprint density at radius 2 is 2.25 bits per heavy atom. The molecule has 0 spiro atoms. The zero-order chi connectivity index (χ0) is 12.2. The number of rotatable bonds is 4. The van der Waals surface area contributed by atoms with Crippen molar-refractivity contribution in [3.63, 3.8) is 0 Å². The summed E-state index contributed by atoms with van der Waals surface area (Å²) in [4.78, 5) is 15.4. The summed E-state index contributed by atoms with van der Waals surface area (Å²) in [6.45, 7) is -1.53. The minimum absolute atomic E-state index is 0.207. The molecule has 0 saturated carbocycles. The van der Waals surface area contributed by atoms with Gasteiger partial charge in [0, 0.05) is 11.4 Å². The van der Waals surface area contributed by atoms with Crippen molar-refractivity contribution < 1.29 is 27.5 Å². The topological polar surface area (TPSA) is 47.6 Å². The van der Waals surface area contributed by atoms with Crippen molar-refractivity contribution in [3.8, 4) is 5.75 Å². The van der Waals surface area contributed by atoms with Crippen molar-refractivity contribution in [1.29, 1.82) is 0 Å². The highest BCUT2D eigenvalue weighted by atomic mass is 32.1. The third kappa shape index (κ3) is 4.07. The first-order chi connectivity index (χ1) is 7.42. The molecule has 0 aromatic carbocycles. The molecule has 1 aromatic rings. The lowest BCUT2D eigenvalue weighted by Crippen LogP contribution is -2.29. The Morgan fingerprint density at radius 1 is 1.56 bits per heavy atom. The van der Waals surface area contributed by atoms with Crippen LogP contribution in [-0.2, 0) is 4.84 Å². The quantitative estimate of drug-likeness (QED) is 0.837. The summed E-state index contributed by atoms with van der Waals surface area (Å²) in [5.41, 5.74) is 1.69. The van der Waals surface area contributed by atoms with Gasteiger partial charge in [-0.1, -0.05) is 0 Å². The van der Waals surface area contributed by atoms with Crippen molar-refractivity contribution in [2.24, 2.45) is 0 Å². The maximum atomic E-state index is 11.7. The molecular weight excluding hydrogens is 247 g/mol. The van der Waals surface area contributed by atoms with Crippen LogP contribution < -0.4 is 10.2 Å². The molecule has 90 valence electrons. The highest BCUT2D eigenvalue weighted by Crippen LogP contribution is 2.21. The molecule has 0 radical (unpaired) electrons. The number of amides is 1. The number of alkyl halides is 3. The van der Waals surface area contributed by atoms with Gasteiger partial charge in [-0.3, -0.25) is 9.63 Å². The summed E-state index contributed by atoms with van der Waals surface area (Å²) in [5, 5.41) is 1.55. The van der Waals surface area contributed by atoms with Crippen LogP contribution in [0.5, 0.6) is 5.75 Å². The lowest BCUT2D eigenvalue weighted by Gasteiger charge is -2.06. The normalized spacial score (nSPS) is 11.2. The van der Waals surface area contributed by atoms with Gasteiger partial charge in [-0.05, 0) is 0 Å². The predicted molar refractivity (Wildman–Crippen MR) is 50.3 cm³/mol. The fourth-order valence-corrected chi connectivity index (χ4v) is 1.52. The number of methoxy groups -OCH3 is 1. The number of carbonyl (C=O) groups excluding carboxylic acids is 1. The molecule has 8 heteroatoms. The summed E-state index contributed by atoms with van der Waals surface area (Å²) >= 11 is 1.04. The first-order valence-electron chi connectivity index (χ1n) is 4.04. The average molecular weight is 255 g/mol. The Labute approximate surface area is 92.9 Å². The third-order valence-electron chi connectivity index (χ3n) is 1.44. The number of nitrogens with one attached hydrogen (secondary N) is 1. The number of thiophene rings is 1. The fourth-order valence-electron chi connectivity index (χ4n) is 0.779. The van der Waals surface area contributed by atoms with Gasteiger partial charge >= 0.3 is 6.18 Å². The highest BCUT2D eigenvalue weighted by molar-refractivity contribution is 7.12. The summed E-state index contributed by atoms with van der Waals surface area (Å²) < 4.78 is 39.8. The van der Waals surface area contributed by atoms with Crippen LogP contribution in [0.3, 0.4) is 0 Å². The van der Waals surface area contributed by atoms with Crippen molar-refractivity contribution in [2.45, 2.75) is 6.18 Å². The molecule has 1 heterocycles. The van der Waals surface area contributed by atoms with Crippen LogP contribution in [0, 0.1) is 0 Å². The molecule has 0 bridgehead atoms. The monoisotopic (exact) mass is 255 g/mol. The lowest BCUT2D eigenvalue weighted by molar-refractivity contribution is -0.184. The van der Waals surface area contributed by atoms with E-state index in [1.165, 1.54) is 13.2 Å². The highest BCUT2D eigenvalue weighted by Gasteiger charge is 2.28. The molecular formula is C8H8F3NO3S. The van der Waals surface area contributed by atoms with Gasteiger partial charge in [0.2, 0.25) is 0 Å². The number of carbonyl (C=O) groups is 1. The van der Waals surface area contributed by atoms with E-state index in [9.17, 15) is 18.0 Å². The molecule has 0 aliphatic carbocycles. The summed E-state index contributed by atoms with van der Waals surface area (Å²) in [6, 6.07) is 1.40. The molecule has 16 heavy (non-hydrogen) atoms. The van der Waals surface area contributed by atoms with E-state index >= 15 is 0 Å². The van der Waals surface area contributed by atoms with E-state index in [-0.39, 0.29) is 4.88 Å². The number of hydroxylamine groups is 1. The molecule has 1 rings (SSSR count). The van der Waals surface area contributed by atoms with Gasteiger partial charge in [0.05, 0.1) is 12.0 Å². The van der Waals surface area contributed by atoms with Crippen molar-refractivity contribution in [3.05, 3.63) is 16.3 Å². The second-order valence-electron chi connectivity index (χ2n) is 2.69. The average Bonchev–Trinajstić information content (AvgIpc) is 2.63. The van der Waals surface area contributed by atoms with E-state index < -0.39 is 18.7 Å². The van der Waals surface area contributed by atoms with E-state index in [1.807, 2.05) is 0 Å². The van der Waals surface area contributed by atoms with Crippen molar-refractivity contribution in [1.82, 2.24) is 5.48 Å². The Hall–Kier alpha value is -1.28. The van der Waals surface area contributed by atoms with Crippen LogP contribution in [0.25, 0.3) is 0 Å². The molecule has 0 atom stereocenters. The molecule has 0 saturated heterocycles. The van der Waals surface area contributed by atoms with Crippen molar-refractivity contribution in [2.75, 3.05) is 13.7 Å². The first kappa shape index (κ1) is 12.8. The number of halogens is 3. The Balaban J connectivity index is 2.41. The number of hydrogen-bond donors (Lipinski definition) is 1. The predicted octanol–water partition coefficient (Wildman–Crippen LogP) is 1.98. The molecule has 0 aliphatic heterocycles. The van der Waals surface area contributed by atoms with Crippen LogP contribution in [-0.4, -0.2) is 25.8 Å². The zero-order valence-corrected chi connectivity index (χ0v) is 8.95. The van der Waals surface area contributed by atoms with Gasteiger partial charge < -0.3 is 4.74 Å². The molecule has 0 unspecified atom stereocenters. The van der Waals surface area contributed by atoms with Gasteiger partial charge in [-0.15, -0.1) is 11.3 Å². The fraction of sp³-hybridized carbons (Fsp3) is 0.375. The number of ether oxygens (including phenoxy) is 1. The standard InChI is InChI=1S/C8H8F3NO3S/c1-14-5-2-6(16-3-5)7(13)12-15-4-8(9,10)11/h2-3H,4H2,1H3,(H,12,13). The van der Waals surface area contributed by atoms with Crippen LogP contribution in [0.4, 0.5) is 13.2 Å². The smallest absolute Gasteiger partial charge is 0.414 e. The summed E-state index contributed by atoms with van der Waals surface area (Å²) in [7, 11) is 1.42. The molecule has 1 amide bonds. The SMILES string of the molecule is COc1csc(C(=O)NOCC(F)(F)F)c1. The van der Waals surface area contributed by atoms with Crippen LogP contribution in [0.15, 0.2) is 11.4 Å². The maximum absolute atomic E-state index is 11.7. The van der Waals surface area contributed by atoms with Gasteiger partial charge in [0.15, 0.2) is 6.61 Å². The van der Waals surface area contributed by atoms with Gasteiger partial charge in [-0.2, -0.15) is 13.2 Å². The Kier molecular flexibility index (Phi) is 4.13. The summed E-state index contributed by atoms with van der Waals surface area (Å²) in [6.07, 6.45) is -4.47. The lowest BCUT2D eigenvalue weighted by atomic mass is 10.4. The van der Waals surface area contributed by atoms with E-state index in [1.54, 1.807) is 10.9 Å². The second-order valence-corrected chi connectivity index (χ2v) is 3.60. The minimum atomic E-state index is -4.47. The number of hydrogen-bond acceptors (Lipinski definition) is 4. The van der Waals surface area contributed by atoms with Gasteiger partial charge in [-0.25, -0.2) is 5.48 Å². The Morgan fingerprint density at radius 3 is 2.75 bits per heavy atom. The third-order valence-corrected chi connectivity index (χ3v) is 2.34. The molecule has 0 fully saturated rings. The maximum Gasteiger partial charge on any atom is 0.414 e. The van der Waals surface area contributed by atoms with Gasteiger partial charge in [0.25, 0.3) is 5.91 Å². The van der Waals surface area contributed by atoms with E-state index in [2.05, 4.69) is 4.84 Å². The Bertz CT molecular complexity index is 364. The molecule has 4 nitrogen and oxygen atoms in total.